The van der Waals surface area contributed by atoms with Crippen LogP contribution in [0.15, 0.2) is 18.2 Å². The van der Waals surface area contributed by atoms with Gasteiger partial charge in [0.05, 0.1) is 6.10 Å². The Balaban J connectivity index is 2.80. The number of ether oxygens (including phenoxy) is 1. The summed E-state index contributed by atoms with van der Waals surface area (Å²) in [6.07, 6.45) is 0.678. The van der Waals surface area contributed by atoms with Crippen molar-refractivity contribution >= 4 is 0 Å². The van der Waals surface area contributed by atoms with Crippen molar-refractivity contribution in [3.05, 3.63) is 35.4 Å². The van der Waals surface area contributed by atoms with Crippen molar-refractivity contribution in [2.45, 2.75) is 31.9 Å². The van der Waals surface area contributed by atoms with Crippen LogP contribution in [0.4, 0.5) is 8.78 Å². The Kier molecular flexibility index (Phi) is 4.83. The minimum absolute atomic E-state index is 0.0329. The number of nitrogens with two attached hydrogens (primary N) is 1. The fraction of sp³-hybridized carbons (Fsp3) is 0.500. The van der Waals surface area contributed by atoms with Crippen molar-refractivity contribution in [1.82, 2.24) is 0 Å². The fourth-order valence-corrected chi connectivity index (χ4v) is 1.74. The molecule has 0 spiro atoms. The number of benzene rings is 1. The molecule has 0 heterocycles. The van der Waals surface area contributed by atoms with Gasteiger partial charge in [-0.3, -0.25) is 0 Å². The molecule has 2 atom stereocenters. The summed E-state index contributed by atoms with van der Waals surface area (Å²) in [5, 5.41) is 0. The molecule has 0 aromatic heterocycles. The second kappa shape index (κ2) is 5.92. The molecular formula is C12H17F2NO. The lowest BCUT2D eigenvalue weighted by Crippen LogP contribution is -2.38. The molecular weight excluding hydrogens is 212 g/mol. The van der Waals surface area contributed by atoms with Crippen LogP contribution in [0.25, 0.3) is 0 Å². The minimum atomic E-state index is -0.554. The van der Waals surface area contributed by atoms with Gasteiger partial charge in [-0.2, -0.15) is 0 Å². The van der Waals surface area contributed by atoms with E-state index in [-0.39, 0.29) is 18.1 Å². The van der Waals surface area contributed by atoms with Gasteiger partial charge >= 0.3 is 0 Å². The lowest BCUT2D eigenvalue weighted by molar-refractivity contribution is 0.0768. The summed E-state index contributed by atoms with van der Waals surface area (Å²) < 4.78 is 31.8. The van der Waals surface area contributed by atoms with E-state index in [4.69, 9.17) is 10.5 Å². The van der Waals surface area contributed by atoms with Crippen molar-refractivity contribution < 1.29 is 13.5 Å². The summed E-state index contributed by atoms with van der Waals surface area (Å²) in [7, 11) is 1.55. The van der Waals surface area contributed by atoms with Crippen LogP contribution in [-0.2, 0) is 11.2 Å². The molecule has 1 aromatic rings. The molecule has 0 aliphatic carbocycles. The summed E-state index contributed by atoms with van der Waals surface area (Å²) in [6.45, 7) is 1.92. The summed E-state index contributed by atoms with van der Waals surface area (Å²) in [5.41, 5.74) is 5.88. The van der Waals surface area contributed by atoms with Crippen LogP contribution < -0.4 is 5.73 Å². The zero-order valence-corrected chi connectivity index (χ0v) is 9.54. The number of halogens is 2. The van der Waals surface area contributed by atoms with Crippen LogP contribution >= 0.6 is 0 Å². The van der Waals surface area contributed by atoms with E-state index in [9.17, 15) is 8.78 Å². The van der Waals surface area contributed by atoms with Crippen molar-refractivity contribution in [2.24, 2.45) is 5.73 Å². The Labute approximate surface area is 94.4 Å². The third kappa shape index (κ3) is 3.00. The van der Waals surface area contributed by atoms with E-state index in [2.05, 4.69) is 0 Å². The zero-order valence-electron chi connectivity index (χ0n) is 9.54. The van der Waals surface area contributed by atoms with E-state index in [0.717, 1.165) is 0 Å². The number of hydrogen-bond acceptors (Lipinski definition) is 2. The van der Waals surface area contributed by atoms with Crippen LogP contribution in [0.2, 0.25) is 0 Å². The lowest BCUT2D eigenvalue weighted by atomic mass is 9.99. The Bertz CT molecular complexity index is 320. The van der Waals surface area contributed by atoms with E-state index >= 15 is 0 Å². The maximum atomic E-state index is 13.3. The second-order valence-corrected chi connectivity index (χ2v) is 3.75. The van der Waals surface area contributed by atoms with Gasteiger partial charge in [-0.15, -0.1) is 0 Å². The average Bonchev–Trinajstić information content (AvgIpc) is 2.25. The average molecular weight is 229 g/mol. The first-order valence-electron chi connectivity index (χ1n) is 5.31. The summed E-state index contributed by atoms with van der Waals surface area (Å²) >= 11 is 0. The molecule has 1 rings (SSSR count). The molecule has 90 valence electrons. The molecule has 2 nitrogen and oxygen atoms in total. The number of hydrogen-bond donors (Lipinski definition) is 1. The monoisotopic (exact) mass is 229 g/mol. The zero-order chi connectivity index (χ0) is 12.1. The molecule has 0 radical (unpaired) electrons. The van der Waals surface area contributed by atoms with E-state index in [1.165, 1.54) is 18.2 Å². The van der Waals surface area contributed by atoms with E-state index in [0.29, 0.717) is 6.42 Å². The maximum absolute atomic E-state index is 13.3. The predicted octanol–water partition coefficient (Wildman–Crippen LogP) is 2.26. The minimum Gasteiger partial charge on any atom is -0.380 e. The van der Waals surface area contributed by atoms with Gasteiger partial charge < -0.3 is 10.5 Å². The first-order valence-corrected chi connectivity index (χ1v) is 5.31. The lowest BCUT2D eigenvalue weighted by Gasteiger charge is -2.21. The highest BCUT2D eigenvalue weighted by molar-refractivity contribution is 5.20. The highest BCUT2D eigenvalue weighted by Gasteiger charge is 2.19. The van der Waals surface area contributed by atoms with Crippen LogP contribution in [-0.4, -0.2) is 19.3 Å². The van der Waals surface area contributed by atoms with Crippen LogP contribution in [0.3, 0.4) is 0 Å². The van der Waals surface area contributed by atoms with Crippen molar-refractivity contribution in [3.63, 3.8) is 0 Å². The van der Waals surface area contributed by atoms with Gasteiger partial charge in [0, 0.05) is 18.7 Å². The van der Waals surface area contributed by atoms with Gasteiger partial charge in [-0.05, 0) is 25.0 Å². The van der Waals surface area contributed by atoms with E-state index in [1.807, 2.05) is 6.92 Å². The number of methoxy groups -OCH3 is 1. The van der Waals surface area contributed by atoms with Crippen molar-refractivity contribution in [3.8, 4) is 0 Å². The van der Waals surface area contributed by atoms with Gasteiger partial charge in [0.2, 0.25) is 0 Å². The molecule has 0 saturated heterocycles. The van der Waals surface area contributed by atoms with Gasteiger partial charge in [0.25, 0.3) is 0 Å². The SMILES string of the molecule is CCC(OC)C(N)Cc1c(F)cccc1F. The van der Waals surface area contributed by atoms with Crippen molar-refractivity contribution in [2.75, 3.05) is 7.11 Å². The Morgan fingerprint density at radius 2 is 1.88 bits per heavy atom. The topological polar surface area (TPSA) is 35.2 Å². The molecule has 0 aliphatic heterocycles. The van der Waals surface area contributed by atoms with Crippen molar-refractivity contribution in [1.29, 1.82) is 0 Å². The highest BCUT2D eigenvalue weighted by Crippen LogP contribution is 2.16. The predicted molar refractivity (Wildman–Crippen MR) is 59.1 cm³/mol. The van der Waals surface area contributed by atoms with Crippen LogP contribution in [0.1, 0.15) is 18.9 Å². The highest BCUT2D eigenvalue weighted by atomic mass is 19.1. The van der Waals surface area contributed by atoms with Gasteiger partial charge in [0.15, 0.2) is 0 Å². The first-order chi connectivity index (χ1) is 7.60. The molecule has 2 unspecified atom stereocenters. The standard InChI is InChI=1S/C12H17F2NO/c1-3-12(16-2)11(15)7-8-9(13)5-4-6-10(8)14/h4-6,11-12H,3,7,15H2,1-2H3. The molecule has 0 saturated carbocycles. The molecule has 4 heteroatoms. The molecule has 16 heavy (non-hydrogen) atoms. The van der Waals surface area contributed by atoms with E-state index in [1.54, 1.807) is 7.11 Å². The Morgan fingerprint density at radius 1 is 1.31 bits per heavy atom. The Morgan fingerprint density at radius 3 is 2.31 bits per heavy atom. The third-order valence-electron chi connectivity index (χ3n) is 2.68. The second-order valence-electron chi connectivity index (χ2n) is 3.75. The molecule has 0 amide bonds. The quantitative estimate of drug-likeness (QED) is 0.840. The van der Waals surface area contributed by atoms with Gasteiger partial charge in [0.1, 0.15) is 11.6 Å². The number of rotatable bonds is 5. The van der Waals surface area contributed by atoms with Gasteiger partial charge in [-0.1, -0.05) is 13.0 Å². The summed E-state index contributed by atoms with van der Waals surface area (Å²) in [4.78, 5) is 0. The molecule has 1 aromatic carbocycles. The third-order valence-corrected chi connectivity index (χ3v) is 2.68. The van der Waals surface area contributed by atoms with Crippen LogP contribution in [0.5, 0.6) is 0 Å². The molecule has 0 fully saturated rings. The molecule has 0 bridgehead atoms. The summed E-state index contributed by atoms with van der Waals surface area (Å²) in [6, 6.07) is 3.41. The van der Waals surface area contributed by atoms with Crippen LogP contribution in [0, 0.1) is 11.6 Å². The fourth-order valence-electron chi connectivity index (χ4n) is 1.74. The van der Waals surface area contributed by atoms with E-state index < -0.39 is 17.7 Å². The maximum Gasteiger partial charge on any atom is 0.129 e. The summed E-state index contributed by atoms with van der Waals surface area (Å²) in [5.74, 6) is -1.11. The normalized spacial score (nSPS) is 14.8. The van der Waals surface area contributed by atoms with Gasteiger partial charge in [-0.25, -0.2) is 8.78 Å². The Hall–Kier alpha value is -1.00. The smallest absolute Gasteiger partial charge is 0.129 e. The molecule has 2 N–H and O–H groups in total. The first kappa shape index (κ1) is 13.1. The largest absolute Gasteiger partial charge is 0.380 e. The molecule has 0 aliphatic rings.